The summed E-state index contributed by atoms with van der Waals surface area (Å²) in [6.45, 7) is 9.91. The van der Waals surface area contributed by atoms with E-state index >= 15 is 0 Å². The van der Waals surface area contributed by atoms with Gasteiger partial charge >= 0.3 is 0 Å². The van der Waals surface area contributed by atoms with Crippen LogP contribution in [0, 0.1) is 18.8 Å². The molecule has 0 radical (unpaired) electrons. The van der Waals surface area contributed by atoms with Gasteiger partial charge in [0.05, 0.1) is 5.69 Å². The lowest BCUT2D eigenvalue weighted by molar-refractivity contribution is -0.135. The Labute approximate surface area is 149 Å². The number of rotatable bonds is 3. The summed E-state index contributed by atoms with van der Waals surface area (Å²) in [4.78, 5) is 29.2. The fraction of sp³-hybridized carbons (Fsp3) is 0.600. The molecule has 2 aliphatic heterocycles. The summed E-state index contributed by atoms with van der Waals surface area (Å²) in [5, 5.41) is 0. The van der Waals surface area contributed by atoms with Gasteiger partial charge in [-0.3, -0.25) is 14.5 Å². The summed E-state index contributed by atoms with van der Waals surface area (Å²) < 4.78 is 5.82. The molecule has 2 amide bonds. The molecule has 3 atom stereocenters. The second-order valence-electron chi connectivity index (χ2n) is 7.66. The highest BCUT2D eigenvalue weighted by Gasteiger charge is 2.36. The first-order valence-corrected chi connectivity index (χ1v) is 9.25. The summed E-state index contributed by atoms with van der Waals surface area (Å²) in [6, 6.07) is 5.78. The number of carbonyl (C=O) groups is 2. The zero-order valence-electron chi connectivity index (χ0n) is 15.6. The zero-order chi connectivity index (χ0) is 18.1. The van der Waals surface area contributed by atoms with E-state index in [9.17, 15) is 9.59 Å². The van der Waals surface area contributed by atoms with Gasteiger partial charge in [-0.15, -0.1) is 0 Å². The summed E-state index contributed by atoms with van der Waals surface area (Å²) in [5.41, 5.74) is 1.75. The summed E-state index contributed by atoms with van der Waals surface area (Å²) in [6.07, 6.45) is 1.23. The molecule has 0 N–H and O–H groups in total. The van der Waals surface area contributed by atoms with Crippen molar-refractivity contribution in [2.45, 2.75) is 46.6 Å². The Balaban J connectivity index is 1.83. The Morgan fingerprint density at radius 3 is 2.56 bits per heavy atom. The van der Waals surface area contributed by atoms with Crippen molar-refractivity contribution in [2.75, 3.05) is 24.5 Å². The highest BCUT2D eigenvalue weighted by atomic mass is 16.5. The quantitative estimate of drug-likeness (QED) is 0.847. The highest BCUT2D eigenvalue weighted by molar-refractivity contribution is 6.03. The SMILES string of the molecule is CCC1Oc2ccc(C)cc2N(CC(=O)N2CC(C)CC(C)C2)C1=O. The minimum atomic E-state index is -0.512. The van der Waals surface area contributed by atoms with Gasteiger partial charge in [0.15, 0.2) is 6.10 Å². The molecule has 1 aromatic rings. The van der Waals surface area contributed by atoms with Crippen LogP contribution in [0.1, 0.15) is 39.2 Å². The molecule has 0 bridgehead atoms. The van der Waals surface area contributed by atoms with E-state index in [0.29, 0.717) is 29.7 Å². The number of benzene rings is 1. The first kappa shape index (κ1) is 17.8. The second kappa shape index (κ2) is 7.06. The molecule has 5 heteroatoms. The van der Waals surface area contributed by atoms with Crippen LogP contribution >= 0.6 is 0 Å². The molecule has 2 aliphatic rings. The lowest BCUT2D eigenvalue weighted by Gasteiger charge is -2.38. The Bertz CT molecular complexity index is 663. The second-order valence-corrected chi connectivity index (χ2v) is 7.66. The fourth-order valence-corrected chi connectivity index (χ4v) is 3.96. The molecular formula is C20H28N2O3. The number of amides is 2. The molecule has 1 fully saturated rings. The number of carbonyl (C=O) groups excluding carboxylic acids is 2. The number of likely N-dealkylation sites (tertiary alicyclic amines) is 1. The zero-order valence-corrected chi connectivity index (χ0v) is 15.6. The van der Waals surface area contributed by atoms with Crippen LogP contribution < -0.4 is 9.64 Å². The van der Waals surface area contributed by atoms with Crippen LogP contribution in [-0.2, 0) is 9.59 Å². The van der Waals surface area contributed by atoms with Crippen LogP contribution in [0.3, 0.4) is 0 Å². The molecule has 5 nitrogen and oxygen atoms in total. The van der Waals surface area contributed by atoms with Gasteiger partial charge in [-0.25, -0.2) is 0 Å². The number of aryl methyl sites for hydroxylation is 1. The molecule has 25 heavy (non-hydrogen) atoms. The molecule has 0 spiro atoms. The molecule has 0 aromatic heterocycles. The van der Waals surface area contributed by atoms with Crippen molar-refractivity contribution in [3.63, 3.8) is 0 Å². The van der Waals surface area contributed by atoms with E-state index in [1.807, 2.05) is 36.9 Å². The number of piperidine rings is 1. The van der Waals surface area contributed by atoms with E-state index in [1.165, 1.54) is 0 Å². The standard InChI is InChI=1S/C20H28N2O3/c1-5-17-20(24)22(16-9-13(2)6-7-18(16)25-17)12-19(23)21-10-14(3)8-15(4)11-21/h6-7,9,14-15,17H,5,8,10-12H2,1-4H3. The molecule has 2 heterocycles. The van der Waals surface area contributed by atoms with Crippen molar-refractivity contribution in [1.82, 2.24) is 4.90 Å². The maximum absolute atomic E-state index is 12.9. The Morgan fingerprint density at radius 1 is 1.24 bits per heavy atom. The number of nitrogens with zero attached hydrogens (tertiary/aromatic N) is 2. The van der Waals surface area contributed by atoms with Gasteiger partial charge in [-0.1, -0.05) is 26.8 Å². The molecule has 1 aromatic carbocycles. The average Bonchev–Trinajstić information content (AvgIpc) is 2.56. The van der Waals surface area contributed by atoms with Crippen molar-refractivity contribution < 1.29 is 14.3 Å². The van der Waals surface area contributed by atoms with Crippen LogP contribution in [-0.4, -0.2) is 42.5 Å². The van der Waals surface area contributed by atoms with Gasteiger partial charge in [0.25, 0.3) is 5.91 Å². The van der Waals surface area contributed by atoms with E-state index < -0.39 is 6.10 Å². The van der Waals surface area contributed by atoms with Crippen molar-refractivity contribution in [3.05, 3.63) is 23.8 Å². The molecule has 0 saturated carbocycles. The van der Waals surface area contributed by atoms with Crippen molar-refractivity contribution >= 4 is 17.5 Å². The highest BCUT2D eigenvalue weighted by Crippen LogP contribution is 2.35. The smallest absolute Gasteiger partial charge is 0.268 e. The summed E-state index contributed by atoms with van der Waals surface area (Å²) in [7, 11) is 0. The van der Waals surface area contributed by atoms with Crippen LogP contribution in [0.2, 0.25) is 0 Å². The van der Waals surface area contributed by atoms with E-state index in [1.54, 1.807) is 4.90 Å². The fourth-order valence-electron chi connectivity index (χ4n) is 3.96. The number of anilines is 1. The molecular weight excluding hydrogens is 316 g/mol. The van der Waals surface area contributed by atoms with E-state index in [4.69, 9.17) is 4.74 Å². The van der Waals surface area contributed by atoms with Crippen LogP contribution in [0.5, 0.6) is 5.75 Å². The Hall–Kier alpha value is -2.04. The normalized spacial score (nSPS) is 26.2. The van der Waals surface area contributed by atoms with Crippen molar-refractivity contribution in [2.24, 2.45) is 11.8 Å². The first-order valence-electron chi connectivity index (χ1n) is 9.25. The van der Waals surface area contributed by atoms with Crippen molar-refractivity contribution in [1.29, 1.82) is 0 Å². The lowest BCUT2D eigenvalue weighted by atomic mass is 9.92. The molecule has 3 rings (SSSR count). The topological polar surface area (TPSA) is 49.9 Å². The number of hydrogen-bond donors (Lipinski definition) is 0. The number of fused-ring (bicyclic) bond motifs is 1. The largest absolute Gasteiger partial charge is 0.478 e. The Morgan fingerprint density at radius 2 is 1.92 bits per heavy atom. The molecule has 136 valence electrons. The van der Waals surface area contributed by atoms with Gasteiger partial charge in [-0.05, 0) is 49.3 Å². The third-order valence-electron chi connectivity index (χ3n) is 5.10. The number of hydrogen-bond acceptors (Lipinski definition) is 3. The van der Waals surface area contributed by atoms with Gasteiger partial charge in [0.1, 0.15) is 12.3 Å². The van der Waals surface area contributed by atoms with E-state index in [-0.39, 0.29) is 18.4 Å². The predicted molar refractivity (Wildman–Crippen MR) is 97.8 cm³/mol. The van der Waals surface area contributed by atoms with Crippen LogP contribution in [0.15, 0.2) is 18.2 Å². The lowest BCUT2D eigenvalue weighted by Crippen LogP contribution is -2.52. The summed E-state index contributed by atoms with van der Waals surface area (Å²) >= 11 is 0. The minimum absolute atomic E-state index is 0.0240. The van der Waals surface area contributed by atoms with E-state index in [0.717, 1.165) is 25.1 Å². The Kier molecular flexibility index (Phi) is 5.02. The first-order chi connectivity index (χ1) is 11.9. The van der Waals surface area contributed by atoms with Gasteiger partial charge in [0, 0.05) is 13.1 Å². The van der Waals surface area contributed by atoms with Gasteiger partial charge in [0.2, 0.25) is 5.91 Å². The minimum Gasteiger partial charge on any atom is -0.478 e. The monoisotopic (exact) mass is 344 g/mol. The molecule has 0 aliphatic carbocycles. The maximum Gasteiger partial charge on any atom is 0.268 e. The van der Waals surface area contributed by atoms with Gasteiger partial charge < -0.3 is 9.64 Å². The van der Waals surface area contributed by atoms with Gasteiger partial charge in [-0.2, -0.15) is 0 Å². The average molecular weight is 344 g/mol. The maximum atomic E-state index is 12.9. The van der Waals surface area contributed by atoms with Crippen LogP contribution in [0.25, 0.3) is 0 Å². The predicted octanol–water partition coefficient (Wildman–Crippen LogP) is 3.00. The molecule has 1 saturated heterocycles. The third kappa shape index (κ3) is 3.65. The van der Waals surface area contributed by atoms with Crippen molar-refractivity contribution in [3.8, 4) is 5.75 Å². The molecule has 3 unspecified atom stereocenters. The van der Waals surface area contributed by atoms with E-state index in [2.05, 4.69) is 13.8 Å². The van der Waals surface area contributed by atoms with Crippen LogP contribution in [0.4, 0.5) is 5.69 Å². The summed E-state index contributed by atoms with van der Waals surface area (Å²) in [5.74, 6) is 1.60. The number of ether oxygens (including phenoxy) is 1. The third-order valence-corrected chi connectivity index (χ3v) is 5.10.